The summed E-state index contributed by atoms with van der Waals surface area (Å²) in [6.45, 7) is 4.39. The Bertz CT molecular complexity index is 3030. The highest BCUT2D eigenvalue weighted by molar-refractivity contribution is 6.08. The van der Waals surface area contributed by atoms with E-state index >= 15 is 0 Å². The Balaban J connectivity index is 0.00000247. The molecule has 8 rings (SSSR count). The molecule has 1 atom stereocenters. The van der Waals surface area contributed by atoms with E-state index in [0.717, 1.165) is 41.7 Å². The van der Waals surface area contributed by atoms with Gasteiger partial charge in [-0.1, -0.05) is 36.4 Å². The molecule has 4 aromatic rings. The maximum atomic E-state index is 14.1. The van der Waals surface area contributed by atoms with Crippen LogP contribution in [0.2, 0.25) is 0 Å². The minimum atomic E-state index is -1.28. The van der Waals surface area contributed by atoms with Gasteiger partial charge in [-0.15, -0.1) is 0 Å². The normalized spacial score (nSPS) is 13.5. The van der Waals surface area contributed by atoms with Crippen molar-refractivity contribution in [3.05, 3.63) is 114 Å². The summed E-state index contributed by atoms with van der Waals surface area (Å²) in [6.07, 6.45) is 1.94. The first-order valence-electron chi connectivity index (χ1n) is 23.1. The molecule has 1 aliphatic carbocycles. The molecule has 3 heterocycles. The first-order valence-corrected chi connectivity index (χ1v) is 23.1. The van der Waals surface area contributed by atoms with Gasteiger partial charge in [-0.25, -0.2) is 4.58 Å². The number of amides is 1. The second-order valence-corrected chi connectivity index (χ2v) is 16.5. The molecule has 0 radical (unpaired) electrons. The molecule has 19 nitrogen and oxygen atoms in total. The Kier molecular flexibility index (Phi) is 16.9. The van der Waals surface area contributed by atoms with Crippen LogP contribution in [0.25, 0.3) is 33.4 Å². The molecular formula is C53H53N5O14. The van der Waals surface area contributed by atoms with Crippen molar-refractivity contribution in [3.8, 4) is 33.9 Å². The number of carbonyl (C=O) groups excluding carboxylic acids is 7. The third-order valence-corrected chi connectivity index (χ3v) is 12.4. The van der Waals surface area contributed by atoms with Gasteiger partial charge in [0.25, 0.3) is 0 Å². The molecule has 3 aliphatic heterocycles. The van der Waals surface area contributed by atoms with Crippen LogP contribution in [0.5, 0.6) is 11.5 Å². The number of aromatic carboxylic acids is 1. The van der Waals surface area contributed by atoms with Crippen LogP contribution < -0.4 is 44.5 Å². The van der Waals surface area contributed by atoms with E-state index in [-0.39, 0.29) is 50.5 Å². The zero-order chi connectivity index (χ0) is 51.3. The number of likely N-dealkylation sites (N-methyl/N-ethyl adjacent to an activating group) is 1. The molecule has 2 saturated heterocycles. The van der Waals surface area contributed by atoms with E-state index in [9.17, 15) is 29.1 Å². The lowest BCUT2D eigenvalue weighted by Crippen LogP contribution is -2.54. The molecule has 374 valence electrons. The third kappa shape index (κ3) is 11.7. The van der Waals surface area contributed by atoms with Crippen molar-refractivity contribution >= 4 is 69.7 Å². The molecule has 1 N–H and O–H groups in total. The maximum Gasteiger partial charge on any atom is 0.373 e. The van der Waals surface area contributed by atoms with E-state index in [1.165, 1.54) is 26.2 Å². The fourth-order valence-corrected chi connectivity index (χ4v) is 8.55. The summed E-state index contributed by atoms with van der Waals surface area (Å²) in [7, 11) is 3.84. The van der Waals surface area contributed by atoms with E-state index in [0.29, 0.717) is 70.4 Å². The number of carboxylic acids is 1. The van der Waals surface area contributed by atoms with E-state index in [4.69, 9.17) is 37.7 Å². The van der Waals surface area contributed by atoms with Gasteiger partial charge >= 0.3 is 24.1 Å². The Morgan fingerprint density at radius 1 is 0.750 bits per heavy atom. The van der Waals surface area contributed by atoms with Crippen LogP contribution in [0.4, 0.5) is 22.7 Å². The Hall–Kier alpha value is -8.70. The number of nitrogens with one attached hydrogen (secondary N) is 1. The molecule has 0 spiro atoms. The average molecular weight is 984 g/mol. The summed E-state index contributed by atoms with van der Waals surface area (Å²) in [4.78, 5) is 84.9. The van der Waals surface area contributed by atoms with Crippen molar-refractivity contribution in [2.45, 2.75) is 25.8 Å². The number of para-hydroxylation sites is 2. The largest absolute Gasteiger partial charge is 0.545 e. The van der Waals surface area contributed by atoms with Gasteiger partial charge in [-0.05, 0) is 61.4 Å². The summed E-state index contributed by atoms with van der Waals surface area (Å²) >= 11 is 0. The first-order chi connectivity index (χ1) is 34.9. The number of ether oxygens (including phenoxy) is 5. The number of benzene rings is 5. The summed E-state index contributed by atoms with van der Waals surface area (Å²) < 4.78 is 36.0. The molecule has 72 heavy (non-hydrogen) atoms. The van der Waals surface area contributed by atoms with Gasteiger partial charge in [-0.2, -0.15) is 9.59 Å². The number of carbonyl (C=O) groups is 5. The number of fused-ring (bicyclic) bond motifs is 2. The number of esters is 3. The van der Waals surface area contributed by atoms with Crippen molar-refractivity contribution in [2.75, 3.05) is 100 Å². The molecule has 4 aliphatic rings. The summed E-state index contributed by atoms with van der Waals surface area (Å²) in [5.41, 5.74) is 4.88. The number of hydrogen-bond acceptors (Lipinski definition) is 17. The molecule has 0 bridgehead atoms. The Morgan fingerprint density at radius 3 is 2.01 bits per heavy atom. The first kappa shape index (κ1) is 51.2. The summed E-state index contributed by atoms with van der Waals surface area (Å²) in [6, 6.07) is 30.1. The average Bonchev–Trinajstić information content (AvgIpc) is 3.35. The number of rotatable bonds is 19. The topological polar surface area (TPSA) is 227 Å². The number of anilines is 4. The molecule has 0 saturated carbocycles. The number of nitrogens with zero attached hydrogens (tertiary/aromatic N) is 4. The predicted molar refractivity (Wildman–Crippen MR) is 262 cm³/mol. The summed E-state index contributed by atoms with van der Waals surface area (Å²) in [5.74, 6) is -1.73. The van der Waals surface area contributed by atoms with Crippen LogP contribution in [0.1, 0.15) is 30.1 Å². The highest BCUT2D eigenvalue weighted by atomic mass is 16.5. The zero-order valence-corrected chi connectivity index (χ0v) is 40.2. The van der Waals surface area contributed by atoms with Gasteiger partial charge in [0.05, 0.1) is 51.2 Å². The van der Waals surface area contributed by atoms with Crippen molar-refractivity contribution in [2.24, 2.45) is 0 Å². The maximum absolute atomic E-state index is 14.1. The predicted octanol–water partition coefficient (Wildman–Crippen LogP) is 3.99. The van der Waals surface area contributed by atoms with Crippen molar-refractivity contribution in [1.29, 1.82) is 0 Å². The number of methoxy groups -OCH3 is 3. The fourth-order valence-electron chi connectivity index (χ4n) is 8.55. The minimum Gasteiger partial charge on any atom is -0.545 e. The second-order valence-electron chi connectivity index (χ2n) is 16.5. The van der Waals surface area contributed by atoms with Crippen molar-refractivity contribution in [1.82, 2.24) is 4.58 Å². The molecule has 0 aromatic heterocycles. The standard InChI is InChI=1S/C52H53N5O12.CO2/c1-5-54(30-47(58)64-2)41-20-15-33(27-46(41)68-26-25-67-43-14-9-8-13-40(43)56(31-48(59)65-3)32-49(60)66-4)53-51(61)42-21-24-57(42)35-17-19-39-45(29-35)69-44-28-34(55-22-10-23-55)16-18-38(44)50(39)36-11-6-7-12-37(36)52(62)63;2-1-3/h6-9,11-20,27-29,42H,5,10,21-26,30-32H2,1-4H3,(H-,53,61,62,63);. The Morgan fingerprint density at radius 2 is 1.39 bits per heavy atom. The smallest absolute Gasteiger partial charge is 0.373 e. The molecule has 1 amide bonds. The van der Waals surface area contributed by atoms with Crippen molar-refractivity contribution < 1.29 is 66.8 Å². The lowest BCUT2D eigenvalue weighted by Gasteiger charge is -2.41. The zero-order valence-electron chi connectivity index (χ0n) is 40.2. The van der Waals surface area contributed by atoms with Gasteiger partial charge in [0.1, 0.15) is 74.8 Å². The second kappa shape index (κ2) is 23.7. The van der Waals surface area contributed by atoms with Crippen LogP contribution in [0.15, 0.2) is 108 Å². The number of hydrogen-bond donors (Lipinski definition) is 1. The van der Waals surface area contributed by atoms with Crippen LogP contribution in [0, 0.1) is 0 Å². The van der Waals surface area contributed by atoms with Gasteiger partial charge in [0.2, 0.25) is 11.3 Å². The molecular weight excluding hydrogens is 931 g/mol. The molecule has 1 unspecified atom stereocenters. The molecule has 4 aromatic carbocycles. The van der Waals surface area contributed by atoms with Gasteiger partial charge < -0.3 is 58.0 Å². The van der Waals surface area contributed by atoms with Gasteiger partial charge in [0, 0.05) is 64.7 Å². The highest BCUT2D eigenvalue weighted by Gasteiger charge is 2.35. The fraction of sp³-hybridized carbons (Fsp3) is 0.302. The van der Waals surface area contributed by atoms with Crippen LogP contribution in [-0.4, -0.2) is 122 Å². The van der Waals surface area contributed by atoms with E-state index in [1.54, 1.807) is 71.6 Å². The van der Waals surface area contributed by atoms with Gasteiger partial charge in [-0.3, -0.25) is 19.2 Å². The highest BCUT2D eigenvalue weighted by Crippen LogP contribution is 2.43. The van der Waals surface area contributed by atoms with Crippen LogP contribution in [-0.2, 0) is 43.0 Å². The van der Waals surface area contributed by atoms with E-state index in [1.807, 2.05) is 48.2 Å². The molecule has 19 heteroatoms. The van der Waals surface area contributed by atoms with Crippen molar-refractivity contribution in [3.63, 3.8) is 0 Å². The van der Waals surface area contributed by atoms with E-state index < -0.39 is 29.9 Å². The SMILES string of the molecule is CCN(CC(=O)OC)c1ccc(NC(=O)C2CCN2c2ccc3c(-c4ccccc4C(=O)[O-])c4ccc(=[N+]5CCC5)cc-4oc3c2)cc1OCCOc1ccccc1N(CC(=O)OC)CC(=O)OC.O=C=O. The van der Waals surface area contributed by atoms with E-state index in [2.05, 4.69) is 9.89 Å². The van der Waals surface area contributed by atoms with Crippen LogP contribution in [0.3, 0.4) is 0 Å². The summed E-state index contributed by atoms with van der Waals surface area (Å²) in [5, 5.41) is 17.2. The molecule has 2 fully saturated rings. The minimum absolute atomic E-state index is 0.0291. The van der Waals surface area contributed by atoms with Crippen LogP contribution >= 0.6 is 0 Å². The monoisotopic (exact) mass is 983 g/mol. The Labute approximate surface area is 414 Å². The quantitative estimate of drug-likeness (QED) is 0.0398. The lowest BCUT2D eigenvalue weighted by molar-refractivity contribution is -0.255. The lowest BCUT2D eigenvalue weighted by atomic mass is 9.90. The van der Waals surface area contributed by atoms with Gasteiger partial charge in [0.15, 0.2) is 0 Å². The number of carboxylic acid groups (broad SMARTS) is 1. The third-order valence-electron chi connectivity index (χ3n) is 12.4.